The van der Waals surface area contributed by atoms with Crippen molar-refractivity contribution in [3.05, 3.63) is 11.1 Å². The second kappa shape index (κ2) is 5.34. The number of thiazole rings is 1. The highest BCUT2D eigenvalue weighted by molar-refractivity contribution is 7.13. The first kappa shape index (κ1) is 14.4. The summed E-state index contributed by atoms with van der Waals surface area (Å²) < 4.78 is 0. The Hall–Kier alpha value is -1.63. The molecule has 6 nitrogen and oxygen atoms in total. The smallest absolute Gasteiger partial charge is 0.305 e. The van der Waals surface area contributed by atoms with E-state index in [1.807, 2.05) is 20.8 Å². The molecule has 1 aromatic rings. The summed E-state index contributed by atoms with van der Waals surface area (Å²) in [5.74, 6) is -1.35. The topological polar surface area (TPSA) is 105 Å². The molecule has 4 N–H and O–H groups in total. The van der Waals surface area contributed by atoms with Crippen molar-refractivity contribution in [2.24, 2.45) is 5.41 Å². The first-order chi connectivity index (χ1) is 8.20. The summed E-state index contributed by atoms with van der Waals surface area (Å²) in [4.78, 5) is 26.5. The van der Waals surface area contributed by atoms with Crippen molar-refractivity contribution < 1.29 is 14.7 Å². The van der Waals surface area contributed by atoms with Gasteiger partial charge in [0, 0.05) is 11.4 Å². The molecule has 7 heteroatoms. The van der Waals surface area contributed by atoms with Crippen LogP contribution in [0.25, 0.3) is 0 Å². The maximum absolute atomic E-state index is 11.9. The van der Waals surface area contributed by atoms with E-state index < -0.39 is 17.9 Å². The quantitative estimate of drug-likeness (QED) is 0.766. The molecule has 0 aliphatic carbocycles. The van der Waals surface area contributed by atoms with E-state index in [1.165, 1.54) is 11.3 Å². The minimum Gasteiger partial charge on any atom is -0.481 e. The largest absolute Gasteiger partial charge is 0.481 e. The van der Waals surface area contributed by atoms with Crippen LogP contribution in [0.5, 0.6) is 0 Å². The number of aromatic nitrogens is 1. The van der Waals surface area contributed by atoms with Crippen molar-refractivity contribution >= 4 is 28.3 Å². The molecule has 0 aliphatic heterocycles. The molecule has 1 atom stereocenters. The second-order valence-corrected chi connectivity index (χ2v) is 5.95. The normalized spacial score (nSPS) is 13.1. The number of carboxylic acid groups (broad SMARTS) is 1. The summed E-state index contributed by atoms with van der Waals surface area (Å²) >= 11 is 1.17. The van der Waals surface area contributed by atoms with Gasteiger partial charge in [-0.1, -0.05) is 20.8 Å². The third kappa shape index (κ3) is 3.99. The van der Waals surface area contributed by atoms with Crippen molar-refractivity contribution in [1.82, 2.24) is 10.3 Å². The second-order valence-electron chi connectivity index (χ2n) is 5.06. The third-order valence-corrected chi connectivity index (χ3v) is 3.16. The SMILES string of the molecule is CC(C)(C)C(CC(=O)O)NC(=O)c1csc(N)n1. The van der Waals surface area contributed by atoms with Crippen LogP contribution in [0.4, 0.5) is 5.13 Å². The zero-order valence-electron chi connectivity index (χ0n) is 10.6. The van der Waals surface area contributed by atoms with E-state index in [4.69, 9.17) is 10.8 Å². The lowest BCUT2D eigenvalue weighted by molar-refractivity contribution is -0.138. The molecular weight excluding hydrogens is 254 g/mol. The highest BCUT2D eigenvalue weighted by atomic mass is 32.1. The molecule has 0 bridgehead atoms. The summed E-state index contributed by atoms with van der Waals surface area (Å²) in [6.07, 6.45) is -0.130. The number of hydrogen-bond donors (Lipinski definition) is 3. The monoisotopic (exact) mass is 271 g/mol. The van der Waals surface area contributed by atoms with Gasteiger partial charge in [-0.05, 0) is 5.41 Å². The van der Waals surface area contributed by atoms with Crippen LogP contribution < -0.4 is 11.1 Å². The molecule has 1 amide bonds. The van der Waals surface area contributed by atoms with Gasteiger partial charge in [0.25, 0.3) is 5.91 Å². The zero-order chi connectivity index (χ0) is 13.9. The number of carbonyl (C=O) groups excluding carboxylic acids is 1. The van der Waals surface area contributed by atoms with Gasteiger partial charge >= 0.3 is 5.97 Å². The molecule has 18 heavy (non-hydrogen) atoms. The first-order valence-electron chi connectivity index (χ1n) is 5.44. The summed E-state index contributed by atoms with van der Waals surface area (Å²) in [7, 11) is 0. The number of nitrogens with one attached hydrogen (secondary N) is 1. The molecule has 1 rings (SSSR count). The van der Waals surface area contributed by atoms with Gasteiger partial charge in [0.05, 0.1) is 6.42 Å². The van der Waals surface area contributed by atoms with Gasteiger partial charge in [-0.25, -0.2) is 4.98 Å². The lowest BCUT2D eigenvalue weighted by Crippen LogP contribution is -2.45. The van der Waals surface area contributed by atoms with Crippen LogP contribution in [0.3, 0.4) is 0 Å². The molecular formula is C11H17N3O3S. The molecule has 0 fully saturated rings. The van der Waals surface area contributed by atoms with Crippen molar-refractivity contribution in [2.45, 2.75) is 33.2 Å². The van der Waals surface area contributed by atoms with E-state index in [0.29, 0.717) is 5.13 Å². The van der Waals surface area contributed by atoms with Crippen LogP contribution in [0, 0.1) is 5.41 Å². The molecule has 100 valence electrons. The van der Waals surface area contributed by atoms with Crippen LogP contribution in [-0.4, -0.2) is 28.0 Å². The fourth-order valence-corrected chi connectivity index (χ4v) is 1.92. The number of nitrogens with zero attached hydrogens (tertiary/aromatic N) is 1. The van der Waals surface area contributed by atoms with Gasteiger partial charge < -0.3 is 16.2 Å². The van der Waals surface area contributed by atoms with Gasteiger partial charge in [-0.15, -0.1) is 11.3 Å². The third-order valence-electron chi connectivity index (χ3n) is 2.48. The van der Waals surface area contributed by atoms with E-state index in [1.54, 1.807) is 5.38 Å². The molecule has 0 saturated carbocycles. The van der Waals surface area contributed by atoms with Gasteiger partial charge in [0.15, 0.2) is 5.13 Å². The molecule has 0 spiro atoms. The van der Waals surface area contributed by atoms with Gasteiger partial charge in [0.2, 0.25) is 0 Å². The molecule has 1 heterocycles. The van der Waals surface area contributed by atoms with Crippen LogP contribution in [0.1, 0.15) is 37.7 Å². The fourth-order valence-electron chi connectivity index (χ4n) is 1.37. The highest BCUT2D eigenvalue weighted by Gasteiger charge is 2.29. The Balaban J connectivity index is 2.78. The number of carboxylic acids is 1. The predicted molar refractivity (Wildman–Crippen MR) is 69.5 cm³/mol. The van der Waals surface area contributed by atoms with E-state index in [2.05, 4.69) is 10.3 Å². The van der Waals surface area contributed by atoms with Gasteiger partial charge in [0.1, 0.15) is 5.69 Å². The lowest BCUT2D eigenvalue weighted by atomic mass is 9.84. The van der Waals surface area contributed by atoms with Crippen molar-refractivity contribution in [3.63, 3.8) is 0 Å². The molecule has 0 aliphatic rings. The molecule has 1 unspecified atom stereocenters. The Morgan fingerprint density at radius 2 is 2.17 bits per heavy atom. The van der Waals surface area contributed by atoms with E-state index in [0.717, 1.165) is 0 Å². The average Bonchev–Trinajstić information content (AvgIpc) is 2.61. The Kier molecular flexibility index (Phi) is 4.28. The zero-order valence-corrected chi connectivity index (χ0v) is 11.4. The van der Waals surface area contributed by atoms with Crippen molar-refractivity contribution in [2.75, 3.05) is 5.73 Å². The van der Waals surface area contributed by atoms with Crippen LogP contribution in [0.15, 0.2) is 5.38 Å². The maximum atomic E-state index is 11.9. The number of carbonyl (C=O) groups is 2. The summed E-state index contributed by atoms with van der Waals surface area (Å²) in [5.41, 5.74) is 5.32. The highest BCUT2D eigenvalue weighted by Crippen LogP contribution is 2.22. The van der Waals surface area contributed by atoms with Crippen molar-refractivity contribution in [3.8, 4) is 0 Å². The van der Waals surface area contributed by atoms with Crippen LogP contribution in [-0.2, 0) is 4.79 Å². The van der Waals surface area contributed by atoms with E-state index in [9.17, 15) is 9.59 Å². The summed E-state index contributed by atoms with van der Waals surface area (Å²) in [6, 6.07) is -0.467. The predicted octanol–water partition coefficient (Wildman–Crippen LogP) is 1.34. The van der Waals surface area contributed by atoms with Gasteiger partial charge in [-0.2, -0.15) is 0 Å². The fraction of sp³-hybridized carbons (Fsp3) is 0.545. The Labute approximate surface area is 109 Å². The molecule has 0 radical (unpaired) electrons. The van der Waals surface area contributed by atoms with Gasteiger partial charge in [-0.3, -0.25) is 9.59 Å². The number of nitrogens with two attached hydrogens (primary N) is 1. The average molecular weight is 271 g/mol. The summed E-state index contributed by atoms with van der Waals surface area (Å²) in [6.45, 7) is 5.61. The number of anilines is 1. The number of aliphatic carboxylic acids is 1. The summed E-state index contributed by atoms with van der Waals surface area (Å²) in [5, 5.41) is 13.4. The Morgan fingerprint density at radius 1 is 1.56 bits per heavy atom. The first-order valence-corrected chi connectivity index (χ1v) is 6.32. The maximum Gasteiger partial charge on any atom is 0.305 e. The van der Waals surface area contributed by atoms with Crippen LogP contribution >= 0.6 is 11.3 Å². The number of hydrogen-bond acceptors (Lipinski definition) is 5. The minimum absolute atomic E-state index is 0.130. The Bertz CT molecular complexity index is 451. The standard InChI is InChI=1S/C11H17N3O3S/c1-11(2,3)7(4-8(15)16)14-9(17)6-5-18-10(12)13-6/h5,7H,4H2,1-3H3,(H2,12,13)(H,14,17)(H,15,16). The molecule has 0 saturated heterocycles. The molecule has 1 aromatic heterocycles. The number of nitrogen functional groups attached to an aromatic ring is 1. The van der Waals surface area contributed by atoms with Crippen molar-refractivity contribution in [1.29, 1.82) is 0 Å². The van der Waals surface area contributed by atoms with E-state index >= 15 is 0 Å². The van der Waals surface area contributed by atoms with Crippen LogP contribution in [0.2, 0.25) is 0 Å². The minimum atomic E-state index is -0.951. The number of amides is 1. The Morgan fingerprint density at radius 3 is 2.56 bits per heavy atom. The number of rotatable bonds is 4. The lowest BCUT2D eigenvalue weighted by Gasteiger charge is -2.30. The molecule has 0 aromatic carbocycles. The van der Waals surface area contributed by atoms with E-state index in [-0.39, 0.29) is 17.5 Å².